The van der Waals surface area contributed by atoms with Crippen LogP contribution in [0, 0.1) is 20.2 Å². The number of amidine groups is 1. The SMILES string of the molecule is C.C=C1N=NC=C2N=C(C)N(C)N12.Cc1nn2[c-]nnnc2c1C.[W]. The second-order valence-electron chi connectivity index (χ2n) is 4.95. The van der Waals surface area contributed by atoms with Crippen molar-refractivity contribution in [3.05, 3.63) is 42.0 Å². The molecule has 0 spiro atoms. The first kappa shape index (κ1) is 20.6. The van der Waals surface area contributed by atoms with Crippen LogP contribution in [0.1, 0.15) is 25.6 Å². The molecule has 2 aromatic rings. The van der Waals surface area contributed by atoms with Gasteiger partial charge in [0.15, 0.2) is 11.6 Å². The van der Waals surface area contributed by atoms with Crippen LogP contribution in [0.2, 0.25) is 0 Å². The normalized spacial score (nSPS) is 14.8. The molecule has 4 rings (SSSR count). The Hall–Kier alpha value is -2.48. The maximum absolute atomic E-state index is 4.26. The minimum Gasteiger partial charge on any atom is -0.365 e. The third-order valence-electron chi connectivity index (χ3n) is 3.50. The fraction of sp³-hybridized carbons (Fsp3) is 0.357. The van der Waals surface area contributed by atoms with Crippen LogP contribution in [0.5, 0.6) is 0 Å². The van der Waals surface area contributed by atoms with Crippen molar-refractivity contribution in [2.45, 2.75) is 28.2 Å². The molecule has 10 nitrogen and oxygen atoms in total. The van der Waals surface area contributed by atoms with Gasteiger partial charge in [0, 0.05) is 39.5 Å². The zero-order chi connectivity index (χ0) is 16.6. The van der Waals surface area contributed by atoms with Gasteiger partial charge >= 0.3 is 0 Å². The van der Waals surface area contributed by atoms with Gasteiger partial charge in [-0.1, -0.05) is 31.7 Å². The molecule has 2 aromatic heterocycles. The molecule has 2 aliphatic heterocycles. The Morgan fingerprint density at radius 2 is 1.92 bits per heavy atom. The first-order chi connectivity index (χ1) is 11.0. The summed E-state index contributed by atoms with van der Waals surface area (Å²) >= 11 is 0. The second kappa shape index (κ2) is 8.06. The summed E-state index contributed by atoms with van der Waals surface area (Å²) in [6.07, 6.45) is 4.21. The van der Waals surface area contributed by atoms with E-state index >= 15 is 0 Å². The van der Waals surface area contributed by atoms with E-state index in [9.17, 15) is 0 Å². The van der Waals surface area contributed by atoms with Crippen molar-refractivity contribution in [3.8, 4) is 0 Å². The van der Waals surface area contributed by atoms with Crippen LogP contribution in [-0.4, -0.2) is 47.9 Å². The smallest absolute Gasteiger partial charge is 0.176 e. The van der Waals surface area contributed by atoms with Gasteiger partial charge < -0.3 is 4.52 Å². The predicted octanol–water partition coefficient (Wildman–Crippen LogP) is 1.87. The first-order valence-corrected chi connectivity index (χ1v) is 6.81. The van der Waals surface area contributed by atoms with E-state index < -0.39 is 0 Å². The number of aliphatic imine (C=N–C) groups is 1. The molecule has 11 heteroatoms. The van der Waals surface area contributed by atoms with E-state index in [1.165, 1.54) is 4.52 Å². The summed E-state index contributed by atoms with van der Waals surface area (Å²) in [5, 5.41) is 26.1. The molecule has 0 N–H and O–H groups in total. The van der Waals surface area contributed by atoms with Gasteiger partial charge in [0.05, 0.1) is 6.20 Å². The number of aromatic nitrogens is 5. The fourth-order valence-electron chi connectivity index (χ4n) is 2.07. The number of nitrogens with zero attached hydrogens (tertiary/aromatic N) is 10. The summed E-state index contributed by atoms with van der Waals surface area (Å²) in [4.78, 5) is 4.26. The van der Waals surface area contributed by atoms with Crippen LogP contribution in [0.25, 0.3) is 5.65 Å². The van der Waals surface area contributed by atoms with Gasteiger partial charge in [0.2, 0.25) is 0 Å². The van der Waals surface area contributed by atoms with Crippen molar-refractivity contribution in [2.24, 2.45) is 15.2 Å². The third-order valence-corrected chi connectivity index (χ3v) is 3.50. The third kappa shape index (κ3) is 3.79. The Kier molecular flexibility index (Phi) is 6.63. The second-order valence-corrected chi connectivity index (χ2v) is 4.95. The van der Waals surface area contributed by atoms with Crippen molar-refractivity contribution in [2.75, 3.05) is 7.05 Å². The minimum absolute atomic E-state index is 0. The van der Waals surface area contributed by atoms with Gasteiger partial charge in [-0.2, -0.15) is 5.11 Å². The zero-order valence-electron chi connectivity index (χ0n) is 13.7. The average molecular weight is 511 g/mol. The van der Waals surface area contributed by atoms with Crippen LogP contribution in [0.3, 0.4) is 0 Å². The largest absolute Gasteiger partial charge is 0.365 e. The number of hydrogen-bond acceptors (Lipinski definition) is 9. The Labute approximate surface area is 160 Å². The molecule has 0 unspecified atom stereocenters. The van der Waals surface area contributed by atoms with E-state index in [0.717, 1.165) is 28.6 Å². The molecule has 132 valence electrons. The van der Waals surface area contributed by atoms with E-state index in [1.54, 1.807) is 6.20 Å². The number of fused-ring (bicyclic) bond motifs is 2. The molecule has 0 aromatic carbocycles. The van der Waals surface area contributed by atoms with Crippen molar-refractivity contribution in [1.29, 1.82) is 0 Å². The maximum Gasteiger partial charge on any atom is 0.176 e. The van der Waals surface area contributed by atoms with Crippen LogP contribution in [-0.2, 0) is 21.1 Å². The van der Waals surface area contributed by atoms with E-state index in [4.69, 9.17) is 0 Å². The molecule has 0 aliphatic carbocycles. The predicted molar refractivity (Wildman–Crippen MR) is 88.4 cm³/mol. The minimum atomic E-state index is 0. The van der Waals surface area contributed by atoms with Gasteiger partial charge in [-0.15, -0.1) is 5.11 Å². The monoisotopic (exact) mass is 511 g/mol. The molecule has 25 heavy (non-hydrogen) atoms. The van der Waals surface area contributed by atoms with E-state index in [2.05, 4.69) is 48.6 Å². The molecule has 2 aliphatic rings. The molecule has 0 radical (unpaired) electrons. The molecule has 0 saturated carbocycles. The Morgan fingerprint density at radius 1 is 1.20 bits per heavy atom. The molecule has 4 heterocycles. The first-order valence-electron chi connectivity index (χ1n) is 6.81. The summed E-state index contributed by atoms with van der Waals surface area (Å²) < 4.78 is 1.50. The summed E-state index contributed by atoms with van der Waals surface area (Å²) in [7, 11) is 1.91. The number of hydrogen-bond donors (Lipinski definition) is 0. The quantitative estimate of drug-likeness (QED) is 0.501. The average Bonchev–Trinajstić information content (AvgIpc) is 2.99. The number of azo groups is 1. The molecular weight excluding hydrogens is 492 g/mol. The van der Waals surface area contributed by atoms with Crippen LogP contribution in [0.4, 0.5) is 0 Å². The van der Waals surface area contributed by atoms with Crippen molar-refractivity contribution >= 4 is 11.5 Å². The van der Waals surface area contributed by atoms with Gasteiger partial charge in [-0.3, -0.25) is 5.01 Å². The van der Waals surface area contributed by atoms with Gasteiger partial charge in [0.1, 0.15) is 5.84 Å². The van der Waals surface area contributed by atoms with Gasteiger partial charge in [-0.05, 0) is 20.2 Å². The van der Waals surface area contributed by atoms with Crippen molar-refractivity contribution < 1.29 is 21.1 Å². The Balaban J connectivity index is 0.000000232. The molecule has 0 atom stereocenters. The van der Waals surface area contributed by atoms with Crippen molar-refractivity contribution in [1.82, 2.24) is 35.0 Å². The molecule has 0 saturated heterocycles. The maximum atomic E-state index is 4.26. The van der Waals surface area contributed by atoms with Crippen LogP contribution >= 0.6 is 0 Å². The van der Waals surface area contributed by atoms with Crippen LogP contribution < -0.4 is 0 Å². The molecule has 0 bridgehead atoms. The Morgan fingerprint density at radius 3 is 2.56 bits per heavy atom. The molecule has 0 amide bonds. The summed E-state index contributed by atoms with van der Waals surface area (Å²) in [5.74, 6) is 2.28. The fourth-order valence-corrected chi connectivity index (χ4v) is 2.07. The summed E-state index contributed by atoms with van der Waals surface area (Å²) in [6.45, 7) is 9.53. The van der Waals surface area contributed by atoms with E-state index in [1.807, 2.05) is 37.8 Å². The van der Waals surface area contributed by atoms with Crippen molar-refractivity contribution in [3.63, 3.8) is 0 Å². The topological polar surface area (TPSA) is 99.5 Å². The Bertz CT molecular complexity index is 863. The number of hydrazine groups is 1. The summed E-state index contributed by atoms with van der Waals surface area (Å²) in [6, 6.07) is 0. The van der Waals surface area contributed by atoms with Gasteiger partial charge in [-0.25, -0.2) is 25.3 Å². The summed E-state index contributed by atoms with van der Waals surface area (Å²) in [5.41, 5.74) is 2.68. The number of rotatable bonds is 0. The zero-order valence-corrected chi connectivity index (χ0v) is 16.6. The van der Waals surface area contributed by atoms with E-state index in [-0.39, 0.29) is 28.5 Å². The molecular formula is C14H19N10W-. The standard InChI is InChI=1S/C7H9N5.C6H6N5.CH4.W/c1-5-9-7-4-8-10-6(2)12(7)11(5)3;1-4-5(2)9-11-3-7-10-8-6(4)11;;/h4H,2H2,1,3H3;1-2H3;1H4;/q;-1;;. The van der Waals surface area contributed by atoms with E-state index in [0.29, 0.717) is 5.82 Å². The molecule has 0 fully saturated rings. The van der Waals surface area contributed by atoms with Crippen LogP contribution in [0.15, 0.2) is 39.6 Å². The van der Waals surface area contributed by atoms with Gasteiger partial charge in [0.25, 0.3) is 0 Å². The number of aryl methyl sites for hydroxylation is 2.